The first-order valence-electron chi connectivity index (χ1n) is 8.77. The van der Waals surface area contributed by atoms with Gasteiger partial charge in [-0.25, -0.2) is 23.1 Å². The number of rotatable bonds is 3. The van der Waals surface area contributed by atoms with Gasteiger partial charge in [-0.05, 0) is 30.4 Å². The molecule has 140 valence electrons. The van der Waals surface area contributed by atoms with E-state index >= 15 is 0 Å². The minimum absolute atomic E-state index is 0.0569. The molecule has 0 saturated heterocycles. The quantitative estimate of drug-likeness (QED) is 0.892. The summed E-state index contributed by atoms with van der Waals surface area (Å²) in [5, 5.41) is 0. The lowest BCUT2D eigenvalue weighted by Crippen LogP contribution is -2.37. The molecule has 0 unspecified atom stereocenters. The molecule has 0 radical (unpaired) electrons. The number of nitrogens with zero attached hydrogens (tertiary/aromatic N) is 3. The summed E-state index contributed by atoms with van der Waals surface area (Å²) in [4.78, 5) is 13.4. The summed E-state index contributed by atoms with van der Waals surface area (Å²) in [5.74, 6) is 0.780. The Morgan fingerprint density at radius 2 is 1.96 bits per heavy atom. The topological polar surface area (TPSA) is 84.8 Å². The second kappa shape index (κ2) is 6.39. The third-order valence-electron chi connectivity index (χ3n) is 4.59. The average Bonchev–Trinajstić information content (AvgIpc) is 2.53. The third kappa shape index (κ3) is 3.94. The fraction of sp³-hybridized carbons (Fsp3) is 0.526. The number of sulfonamides is 1. The second-order valence-electron chi connectivity index (χ2n) is 8.75. The number of pyridine rings is 1. The zero-order chi connectivity index (χ0) is 19.2. The highest BCUT2D eigenvalue weighted by atomic mass is 32.2. The Bertz CT molecular complexity index is 903. The van der Waals surface area contributed by atoms with E-state index in [9.17, 15) is 8.42 Å². The molecular formula is C19H26N4O2S. The highest BCUT2D eigenvalue weighted by Gasteiger charge is 2.36. The van der Waals surface area contributed by atoms with Gasteiger partial charge in [0, 0.05) is 35.3 Å². The number of hydrogen-bond acceptors (Lipinski definition) is 5. The molecule has 1 atom stereocenters. The number of nitrogens with one attached hydrogen (secondary N) is 1. The Hall–Kier alpha value is -1.86. The lowest BCUT2D eigenvalue weighted by molar-refractivity contribution is 0.267. The molecule has 2 aromatic heterocycles. The summed E-state index contributed by atoms with van der Waals surface area (Å²) in [6, 6.07) is 2.81. The van der Waals surface area contributed by atoms with E-state index in [1.54, 1.807) is 24.5 Å². The van der Waals surface area contributed by atoms with Crippen LogP contribution in [0, 0.1) is 5.41 Å². The average molecular weight is 375 g/mol. The standard InChI is InChI=1S/C19H26N4O2S/c1-18(2,3)17-21-12-14-15(22-17)9-19(4,5)10-16(14)23-26(24,25)13-7-6-8-20-11-13/h6-8,11-12,16,23H,9-10H2,1-5H3/t16-/m1/s1. The second-order valence-corrected chi connectivity index (χ2v) is 10.5. The number of aromatic nitrogens is 3. The molecule has 26 heavy (non-hydrogen) atoms. The van der Waals surface area contributed by atoms with Crippen LogP contribution in [0.4, 0.5) is 0 Å². The minimum Gasteiger partial charge on any atom is -0.263 e. The number of hydrogen-bond donors (Lipinski definition) is 1. The summed E-state index contributed by atoms with van der Waals surface area (Å²) in [6.45, 7) is 10.5. The first-order valence-corrected chi connectivity index (χ1v) is 10.2. The largest absolute Gasteiger partial charge is 0.263 e. The van der Waals surface area contributed by atoms with Crippen LogP contribution in [0.2, 0.25) is 0 Å². The maximum atomic E-state index is 12.8. The van der Waals surface area contributed by atoms with E-state index in [0.29, 0.717) is 6.42 Å². The Morgan fingerprint density at radius 1 is 1.23 bits per heavy atom. The van der Waals surface area contributed by atoms with Crippen LogP contribution in [-0.4, -0.2) is 23.4 Å². The van der Waals surface area contributed by atoms with Gasteiger partial charge in [-0.3, -0.25) is 4.98 Å². The van der Waals surface area contributed by atoms with E-state index in [1.165, 1.54) is 6.20 Å². The lowest BCUT2D eigenvalue weighted by atomic mass is 9.74. The fourth-order valence-corrected chi connectivity index (χ4v) is 4.45. The SMILES string of the molecule is CC1(C)Cc2nc(C(C)(C)C)ncc2[C@H](NS(=O)(=O)c2cccnc2)C1. The summed E-state index contributed by atoms with van der Waals surface area (Å²) in [7, 11) is -3.66. The van der Waals surface area contributed by atoms with Crippen molar-refractivity contribution in [2.24, 2.45) is 5.41 Å². The van der Waals surface area contributed by atoms with Crippen LogP contribution in [0.5, 0.6) is 0 Å². The Morgan fingerprint density at radius 3 is 2.58 bits per heavy atom. The van der Waals surface area contributed by atoms with Crippen molar-refractivity contribution in [3.8, 4) is 0 Å². The Balaban J connectivity index is 1.99. The summed E-state index contributed by atoms with van der Waals surface area (Å²) in [6.07, 6.45) is 6.20. The molecule has 0 amide bonds. The van der Waals surface area contributed by atoms with Crippen molar-refractivity contribution in [1.82, 2.24) is 19.7 Å². The highest BCUT2D eigenvalue weighted by molar-refractivity contribution is 7.89. The van der Waals surface area contributed by atoms with Crippen molar-refractivity contribution in [3.05, 3.63) is 47.8 Å². The molecule has 6 nitrogen and oxygen atoms in total. The first-order chi connectivity index (χ1) is 12.0. The zero-order valence-corrected chi connectivity index (χ0v) is 16.8. The van der Waals surface area contributed by atoms with Crippen molar-refractivity contribution in [2.75, 3.05) is 0 Å². The maximum absolute atomic E-state index is 12.8. The highest BCUT2D eigenvalue weighted by Crippen LogP contribution is 2.40. The van der Waals surface area contributed by atoms with E-state index < -0.39 is 10.0 Å². The molecule has 0 spiro atoms. The molecule has 0 aromatic carbocycles. The molecule has 1 aliphatic carbocycles. The fourth-order valence-electron chi connectivity index (χ4n) is 3.28. The van der Waals surface area contributed by atoms with E-state index in [0.717, 1.165) is 23.5 Å². The van der Waals surface area contributed by atoms with E-state index in [-0.39, 0.29) is 21.8 Å². The van der Waals surface area contributed by atoms with Crippen LogP contribution >= 0.6 is 0 Å². The minimum atomic E-state index is -3.66. The molecule has 0 aliphatic heterocycles. The van der Waals surface area contributed by atoms with Gasteiger partial charge in [-0.1, -0.05) is 34.6 Å². The van der Waals surface area contributed by atoms with Crippen molar-refractivity contribution in [1.29, 1.82) is 0 Å². The van der Waals surface area contributed by atoms with Crippen molar-refractivity contribution in [3.63, 3.8) is 0 Å². The van der Waals surface area contributed by atoms with Crippen LogP contribution in [0.1, 0.15) is 64.2 Å². The van der Waals surface area contributed by atoms with Crippen LogP contribution in [-0.2, 0) is 21.9 Å². The molecule has 1 aliphatic rings. The van der Waals surface area contributed by atoms with E-state index in [2.05, 4.69) is 49.3 Å². The van der Waals surface area contributed by atoms with Crippen LogP contribution in [0.3, 0.4) is 0 Å². The predicted octanol–water partition coefficient (Wildman–Crippen LogP) is 3.16. The van der Waals surface area contributed by atoms with Crippen molar-refractivity contribution < 1.29 is 8.42 Å². The van der Waals surface area contributed by atoms with Crippen molar-refractivity contribution >= 4 is 10.0 Å². The summed E-state index contributed by atoms with van der Waals surface area (Å²) < 4.78 is 28.3. The van der Waals surface area contributed by atoms with Gasteiger partial charge in [-0.2, -0.15) is 0 Å². The molecule has 0 bridgehead atoms. The van der Waals surface area contributed by atoms with Gasteiger partial charge >= 0.3 is 0 Å². The number of fused-ring (bicyclic) bond motifs is 1. The van der Waals surface area contributed by atoms with Crippen molar-refractivity contribution in [2.45, 2.75) is 63.8 Å². The van der Waals surface area contributed by atoms with Gasteiger partial charge in [0.1, 0.15) is 10.7 Å². The third-order valence-corrected chi connectivity index (χ3v) is 6.05. The molecule has 0 fully saturated rings. The lowest BCUT2D eigenvalue weighted by Gasteiger charge is -2.36. The van der Waals surface area contributed by atoms with Crippen LogP contribution in [0.15, 0.2) is 35.6 Å². The Kier molecular flexibility index (Phi) is 4.65. The van der Waals surface area contributed by atoms with E-state index in [1.807, 2.05) is 0 Å². The molecule has 3 rings (SSSR count). The summed E-state index contributed by atoms with van der Waals surface area (Å²) >= 11 is 0. The monoisotopic (exact) mass is 374 g/mol. The normalized spacial score (nSPS) is 19.8. The molecular weight excluding hydrogens is 348 g/mol. The van der Waals surface area contributed by atoms with E-state index in [4.69, 9.17) is 4.98 Å². The Labute approximate surface area is 155 Å². The molecule has 0 saturated carbocycles. The molecule has 7 heteroatoms. The van der Waals surface area contributed by atoms with Crippen LogP contribution in [0.25, 0.3) is 0 Å². The first kappa shape index (κ1) is 18.9. The molecule has 1 N–H and O–H groups in total. The molecule has 2 heterocycles. The summed E-state index contributed by atoms with van der Waals surface area (Å²) in [5.41, 5.74) is 1.59. The van der Waals surface area contributed by atoms with Gasteiger partial charge in [0.2, 0.25) is 10.0 Å². The van der Waals surface area contributed by atoms with Gasteiger partial charge in [-0.15, -0.1) is 0 Å². The van der Waals surface area contributed by atoms with Gasteiger partial charge in [0.25, 0.3) is 0 Å². The van der Waals surface area contributed by atoms with Gasteiger partial charge in [0.15, 0.2) is 0 Å². The molecule has 2 aromatic rings. The maximum Gasteiger partial charge on any atom is 0.242 e. The zero-order valence-electron chi connectivity index (χ0n) is 15.9. The van der Waals surface area contributed by atoms with Gasteiger partial charge in [0.05, 0.1) is 6.04 Å². The predicted molar refractivity (Wildman–Crippen MR) is 100 cm³/mol. The van der Waals surface area contributed by atoms with Crippen LogP contribution < -0.4 is 4.72 Å². The van der Waals surface area contributed by atoms with Gasteiger partial charge < -0.3 is 0 Å². The smallest absolute Gasteiger partial charge is 0.242 e.